The Kier molecular flexibility index (Phi) is 15.1. The summed E-state index contributed by atoms with van der Waals surface area (Å²) in [5.41, 5.74) is 0.363. The summed E-state index contributed by atoms with van der Waals surface area (Å²) in [4.78, 5) is 2.00. The summed E-state index contributed by atoms with van der Waals surface area (Å²) < 4.78 is 5.05. The van der Waals surface area contributed by atoms with E-state index in [2.05, 4.69) is 20.8 Å². The average molecular weight is 185 g/mol. The van der Waals surface area contributed by atoms with Crippen molar-refractivity contribution in [1.82, 2.24) is 4.90 Å². The topological polar surface area (TPSA) is 12.5 Å². The Labute approximate surface area is 94.2 Å². The summed E-state index contributed by atoms with van der Waals surface area (Å²) in [5.74, 6) is 0. The van der Waals surface area contributed by atoms with Crippen LogP contribution in [0, 0.1) is 5.41 Å². The number of hydrogen-bond acceptors (Lipinski definition) is 2. The van der Waals surface area contributed by atoms with Crippen LogP contribution >= 0.6 is 0 Å². The van der Waals surface area contributed by atoms with Gasteiger partial charge in [0.05, 0.1) is 0 Å². The van der Waals surface area contributed by atoms with Crippen molar-refractivity contribution in [1.29, 1.82) is 0 Å². The molecule has 0 spiro atoms. The van der Waals surface area contributed by atoms with Crippen LogP contribution in [0.4, 0.5) is 0 Å². The molecule has 0 unspecified atom stereocenters. The number of nitrogens with zero attached hydrogens (tertiary/aromatic N) is 1. The predicted molar refractivity (Wildman–Crippen MR) is 56.1 cm³/mol. The first kappa shape index (κ1) is 18.5. The van der Waals surface area contributed by atoms with Crippen LogP contribution in [0.15, 0.2) is 0 Å². The van der Waals surface area contributed by atoms with Gasteiger partial charge in [0, 0.05) is 6.61 Å². The quantitative estimate of drug-likeness (QED) is 0.423. The fourth-order valence-corrected chi connectivity index (χ4v) is 1.30. The second kappa shape index (κ2) is 9.82. The van der Waals surface area contributed by atoms with Crippen molar-refractivity contribution in [2.75, 3.05) is 27.7 Å². The van der Waals surface area contributed by atoms with Gasteiger partial charge in [0.2, 0.25) is 0 Å². The van der Waals surface area contributed by atoms with E-state index in [1.165, 1.54) is 0 Å². The van der Waals surface area contributed by atoms with E-state index in [0.717, 1.165) is 17.1 Å². The maximum absolute atomic E-state index is 5.05. The van der Waals surface area contributed by atoms with Gasteiger partial charge in [-0.25, -0.2) is 0 Å². The van der Waals surface area contributed by atoms with E-state index in [1.54, 1.807) is 0 Å². The van der Waals surface area contributed by atoms with Gasteiger partial charge in [0.25, 0.3) is 0 Å². The van der Waals surface area contributed by atoms with Gasteiger partial charge in [-0.3, -0.25) is 0 Å². The van der Waals surface area contributed by atoms with Gasteiger partial charge in [0.15, 0.2) is 0 Å². The van der Waals surface area contributed by atoms with Crippen LogP contribution in [0.5, 0.6) is 0 Å². The van der Waals surface area contributed by atoms with Crippen molar-refractivity contribution in [3.63, 3.8) is 0 Å². The van der Waals surface area contributed by atoms with Gasteiger partial charge < -0.3 is 10.8 Å². The summed E-state index contributed by atoms with van der Waals surface area (Å²) in [5, 5.41) is 0. The zero-order chi connectivity index (χ0) is 9.49. The number of hydrogen-bond donors (Lipinski definition) is 0. The fraction of sp³-hybridized carbons (Fsp3) is 1.00. The van der Waals surface area contributed by atoms with Gasteiger partial charge in [-0.1, -0.05) is 20.8 Å². The molecule has 0 aromatic rings. The van der Waals surface area contributed by atoms with E-state index in [1.807, 2.05) is 26.0 Å². The van der Waals surface area contributed by atoms with Crippen LogP contribution in [0.1, 0.15) is 22.2 Å². The molecular formula is C8H24LiNOSi. The first-order valence-electron chi connectivity index (χ1n) is 3.89. The molecule has 2 nitrogen and oxygen atoms in total. The molecule has 0 aromatic carbocycles. The summed E-state index contributed by atoms with van der Waals surface area (Å²) >= 11 is 0. The molecule has 12 heavy (non-hydrogen) atoms. The van der Waals surface area contributed by atoms with E-state index in [9.17, 15) is 0 Å². The summed E-state index contributed by atoms with van der Waals surface area (Å²) in [6, 6.07) is 0. The maximum atomic E-state index is 5.05. The van der Waals surface area contributed by atoms with Gasteiger partial charge >= 0.3 is 18.9 Å². The Bertz CT molecular complexity index is 85.9. The minimum Gasteiger partial charge on any atom is -1.00 e. The molecule has 72 valence electrons. The first-order chi connectivity index (χ1) is 4.79. The molecule has 0 aliphatic carbocycles. The van der Waals surface area contributed by atoms with Gasteiger partial charge in [0.1, 0.15) is 10.5 Å². The molecule has 0 fully saturated rings. The number of rotatable bonds is 1. The molecule has 0 radical (unpaired) electrons. The van der Waals surface area contributed by atoms with Gasteiger partial charge in [-0.15, -0.1) is 0 Å². The third-order valence-corrected chi connectivity index (χ3v) is 0.866. The fourth-order valence-electron chi connectivity index (χ4n) is 0.433. The molecule has 0 N–H and O–H groups in total. The van der Waals surface area contributed by atoms with Crippen molar-refractivity contribution in [2.24, 2.45) is 5.41 Å². The molecule has 0 bridgehead atoms. The largest absolute Gasteiger partial charge is 1.00 e. The minimum absolute atomic E-state index is 0. The van der Waals surface area contributed by atoms with Crippen LogP contribution in [-0.4, -0.2) is 43.1 Å². The zero-order valence-electron chi connectivity index (χ0n) is 11.1. The summed E-state index contributed by atoms with van der Waals surface area (Å²) in [6.45, 7) is 7.42. The smallest absolute Gasteiger partial charge is 1.00 e. The second-order valence-electron chi connectivity index (χ2n) is 4.34. The van der Waals surface area contributed by atoms with E-state index < -0.39 is 0 Å². The molecule has 0 aliphatic heterocycles. The molecule has 0 atom stereocenters. The molecule has 4 heteroatoms. The van der Waals surface area contributed by atoms with Crippen LogP contribution in [0.2, 0.25) is 0 Å². The predicted octanol–water partition coefficient (Wildman–Crippen LogP) is -2.38. The van der Waals surface area contributed by atoms with E-state index in [-0.39, 0.29) is 20.3 Å². The summed E-state index contributed by atoms with van der Waals surface area (Å²) in [6.07, 6.45) is 0. The molecule has 0 aliphatic rings. The molecule has 0 heterocycles. The third-order valence-electron chi connectivity index (χ3n) is 0.577. The monoisotopic (exact) mass is 185 g/mol. The Hall–Kier alpha value is 0.734. The molecular weight excluding hydrogens is 161 g/mol. The van der Waals surface area contributed by atoms with Crippen molar-refractivity contribution in [3.8, 4) is 0 Å². The molecule has 0 saturated carbocycles. The zero-order valence-corrected chi connectivity index (χ0v) is 12.1. The Morgan fingerprint density at radius 1 is 1.25 bits per heavy atom. The van der Waals surface area contributed by atoms with E-state index >= 15 is 0 Å². The van der Waals surface area contributed by atoms with Crippen molar-refractivity contribution < 1.29 is 24.7 Å². The third kappa shape index (κ3) is 45.4. The van der Waals surface area contributed by atoms with Gasteiger partial charge in [-0.05, 0) is 26.6 Å². The van der Waals surface area contributed by atoms with Crippen LogP contribution < -0.4 is 18.9 Å². The Balaban J connectivity index is -0.0000000600. The average Bonchev–Trinajstić information content (AvgIpc) is 1.58. The Morgan fingerprint density at radius 3 is 1.50 bits per heavy atom. The minimum atomic E-state index is 0. The molecule has 0 rings (SSSR count). The van der Waals surface area contributed by atoms with Gasteiger partial charge in [-0.2, -0.15) is 0 Å². The van der Waals surface area contributed by atoms with Crippen LogP contribution in [-0.2, 0) is 4.43 Å². The van der Waals surface area contributed by atoms with Crippen molar-refractivity contribution in [3.05, 3.63) is 0 Å². The standard InChI is InChI=1S/C5H14OSi.C3H9N.Li.H/c1-5(2,3)4-6-7;1-4(2)3;;/h4H2,1-3,7H3;1-3H3;;/q;;+1;-1. The SMILES string of the molecule is CC(C)(C)CO[SiH3].CN(C)C.[H-].[Li+]. The van der Waals surface area contributed by atoms with Crippen molar-refractivity contribution >= 4 is 10.5 Å². The summed E-state index contributed by atoms with van der Waals surface area (Å²) in [7, 11) is 6.87. The molecule has 0 saturated heterocycles. The molecule has 0 amide bonds. The van der Waals surface area contributed by atoms with Crippen LogP contribution in [0.25, 0.3) is 0 Å². The van der Waals surface area contributed by atoms with Crippen molar-refractivity contribution in [2.45, 2.75) is 20.8 Å². The normalized spacial score (nSPS) is 10.2. The van der Waals surface area contributed by atoms with E-state index in [4.69, 9.17) is 4.43 Å². The second-order valence-corrected chi connectivity index (χ2v) is 4.91. The van der Waals surface area contributed by atoms with E-state index in [0.29, 0.717) is 5.41 Å². The molecule has 0 aromatic heterocycles. The first-order valence-corrected chi connectivity index (χ1v) is 4.71. The maximum Gasteiger partial charge on any atom is 1.00 e. The Morgan fingerprint density at radius 2 is 1.50 bits per heavy atom. The van der Waals surface area contributed by atoms with Crippen LogP contribution in [0.3, 0.4) is 0 Å².